The van der Waals surface area contributed by atoms with Gasteiger partial charge in [-0.05, 0) is 12.8 Å². The molecule has 0 amide bonds. The lowest BCUT2D eigenvalue weighted by Gasteiger charge is -2.15. The highest BCUT2D eigenvalue weighted by atomic mass is 19.1. The molecule has 1 N–H and O–H groups in total. The topological polar surface area (TPSA) is 38.0 Å². The lowest BCUT2D eigenvalue weighted by atomic mass is 10.1. The van der Waals surface area contributed by atoms with Crippen molar-refractivity contribution in [2.24, 2.45) is 5.92 Å². The SMILES string of the molecule is C=C(F)CCn1cc(C)nc1C(O)C(C)C. The van der Waals surface area contributed by atoms with Crippen LogP contribution in [0.15, 0.2) is 18.6 Å². The summed E-state index contributed by atoms with van der Waals surface area (Å²) < 4.78 is 14.4. The van der Waals surface area contributed by atoms with E-state index in [1.54, 1.807) is 4.57 Å². The normalized spacial score (nSPS) is 13.1. The van der Waals surface area contributed by atoms with Crippen LogP contribution < -0.4 is 0 Å². The Balaban J connectivity index is 2.86. The molecule has 1 atom stereocenters. The van der Waals surface area contributed by atoms with Crippen LogP contribution in [0.2, 0.25) is 0 Å². The minimum Gasteiger partial charge on any atom is -0.385 e. The van der Waals surface area contributed by atoms with Crippen LogP contribution in [0.1, 0.15) is 37.9 Å². The summed E-state index contributed by atoms with van der Waals surface area (Å²) in [5.41, 5.74) is 0.833. The molecule has 0 radical (unpaired) electrons. The summed E-state index contributed by atoms with van der Waals surface area (Å²) in [6.07, 6.45) is 1.47. The van der Waals surface area contributed by atoms with Crippen LogP contribution in [0.25, 0.3) is 0 Å². The maximum Gasteiger partial charge on any atom is 0.138 e. The summed E-state index contributed by atoms with van der Waals surface area (Å²) in [5, 5.41) is 9.96. The monoisotopic (exact) mass is 226 g/mol. The molecule has 1 aromatic rings. The zero-order valence-electron chi connectivity index (χ0n) is 10.1. The van der Waals surface area contributed by atoms with Gasteiger partial charge in [0.1, 0.15) is 11.9 Å². The first kappa shape index (κ1) is 12.9. The van der Waals surface area contributed by atoms with Crippen molar-refractivity contribution in [3.05, 3.63) is 30.1 Å². The van der Waals surface area contributed by atoms with Crippen LogP contribution in [0, 0.1) is 12.8 Å². The van der Waals surface area contributed by atoms with Crippen molar-refractivity contribution in [3.8, 4) is 0 Å². The number of hydrogen-bond donors (Lipinski definition) is 1. The summed E-state index contributed by atoms with van der Waals surface area (Å²) in [5.74, 6) is 0.346. The van der Waals surface area contributed by atoms with E-state index >= 15 is 0 Å². The predicted molar refractivity (Wildman–Crippen MR) is 61.6 cm³/mol. The Morgan fingerprint density at radius 1 is 1.62 bits per heavy atom. The fourth-order valence-electron chi connectivity index (χ4n) is 1.52. The lowest BCUT2D eigenvalue weighted by Crippen LogP contribution is -2.13. The molecule has 0 aliphatic heterocycles. The number of aryl methyl sites for hydroxylation is 2. The van der Waals surface area contributed by atoms with E-state index in [4.69, 9.17) is 0 Å². The zero-order chi connectivity index (χ0) is 12.3. The van der Waals surface area contributed by atoms with Gasteiger partial charge in [0, 0.05) is 19.2 Å². The lowest BCUT2D eigenvalue weighted by molar-refractivity contribution is 0.113. The highest BCUT2D eigenvalue weighted by Crippen LogP contribution is 2.21. The third-order valence-corrected chi connectivity index (χ3v) is 2.45. The van der Waals surface area contributed by atoms with Gasteiger partial charge in [-0.1, -0.05) is 20.4 Å². The molecule has 1 unspecified atom stereocenters. The number of halogens is 1. The zero-order valence-corrected chi connectivity index (χ0v) is 10.1. The standard InChI is InChI=1S/C12H19FN2O/c1-8(2)11(16)12-14-10(4)7-15(12)6-5-9(3)13/h7-8,11,16H,3,5-6H2,1-2,4H3. The number of aliphatic hydroxyl groups excluding tert-OH is 1. The first-order valence-corrected chi connectivity index (χ1v) is 5.46. The quantitative estimate of drug-likeness (QED) is 0.838. The van der Waals surface area contributed by atoms with Gasteiger partial charge in [0.25, 0.3) is 0 Å². The minimum absolute atomic E-state index is 0.0918. The summed E-state index contributed by atoms with van der Waals surface area (Å²) in [6.45, 7) is 9.40. The van der Waals surface area contributed by atoms with Crippen LogP contribution >= 0.6 is 0 Å². The Morgan fingerprint density at radius 3 is 2.75 bits per heavy atom. The summed E-state index contributed by atoms with van der Waals surface area (Å²) >= 11 is 0. The molecule has 0 fully saturated rings. The van der Waals surface area contributed by atoms with Gasteiger partial charge in [-0.3, -0.25) is 0 Å². The second-order valence-corrected chi connectivity index (χ2v) is 4.39. The first-order valence-electron chi connectivity index (χ1n) is 5.46. The van der Waals surface area contributed by atoms with Crippen molar-refractivity contribution in [3.63, 3.8) is 0 Å². The van der Waals surface area contributed by atoms with Crippen LogP contribution in [0.4, 0.5) is 4.39 Å². The third kappa shape index (κ3) is 3.17. The molecular formula is C12H19FN2O. The van der Waals surface area contributed by atoms with Crippen molar-refractivity contribution in [2.45, 2.75) is 39.8 Å². The summed E-state index contributed by atoms with van der Waals surface area (Å²) in [4.78, 5) is 4.27. The molecule has 0 saturated carbocycles. The van der Waals surface area contributed by atoms with E-state index in [9.17, 15) is 9.50 Å². The molecule has 4 heteroatoms. The Morgan fingerprint density at radius 2 is 2.25 bits per heavy atom. The molecule has 0 aliphatic carbocycles. The molecule has 1 rings (SSSR count). The Labute approximate surface area is 95.6 Å². The van der Waals surface area contributed by atoms with Gasteiger partial charge in [-0.25, -0.2) is 9.37 Å². The van der Waals surface area contributed by atoms with E-state index in [2.05, 4.69) is 11.6 Å². The molecule has 16 heavy (non-hydrogen) atoms. The van der Waals surface area contributed by atoms with E-state index in [1.807, 2.05) is 27.0 Å². The molecule has 0 aliphatic rings. The number of imidazole rings is 1. The largest absolute Gasteiger partial charge is 0.385 e. The first-order chi connectivity index (χ1) is 7.41. The minimum atomic E-state index is -0.610. The van der Waals surface area contributed by atoms with Gasteiger partial charge in [0.15, 0.2) is 0 Å². The third-order valence-electron chi connectivity index (χ3n) is 2.45. The van der Waals surface area contributed by atoms with Gasteiger partial charge in [0.2, 0.25) is 0 Å². The fourth-order valence-corrected chi connectivity index (χ4v) is 1.52. The fraction of sp³-hybridized carbons (Fsp3) is 0.583. The maximum atomic E-state index is 12.6. The van der Waals surface area contributed by atoms with Crippen molar-refractivity contribution in [1.82, 2.24) is 9.55 Å². The number of aromatic nitrogens is 2. The second kappa shape index (κ2) is 5.25. The van der Waals surface area contributed by atoms with Gasteiger partial charge < -0.3 is 9.67 Å². The van der Waals surface area contributed by atoms with Crippen LogP contribution in [0.5, 0.6) is 0 Å². The predicted octanol–water partition coefficient (Wildman–Crippen LogP) is 2.75. The molecule has 0 bridgehead atoms. The summed E-state index contributed by atoms with van der Waals surface area (Å²) in [7, 11) is 0. The van der Waals surface area contributed by atoms with Gasteiger partial charge in [-0.2, -0.15) is 0 Å². The number of nitrogens with zero attached hydrogens (tertiary/aromatic N) is 2. The Kier molecular flexibility index (Phi) is 4.24. The molecule has 90 valence electrons. The van der Waals surface area contributed by atoms with Crippen molar-refractivity contribution < 1.29 is 9.50 Å². The van der Waals surface area contributed by atoms with Crippen molar-refractivity contribution >= 4 is 0 Å². The Hall–Kier alpha value is -1.16. The molecule has 0 spiro atoms. The van der Waals surface area contributed by atoms with Gasteiger partial charge >= 0.3 is 0 Å². The average molecular weight is 226 g/mol. The smallest absolute Gasteiger partial charge is 0.138 e. The second-order valence-electron chi connectivity index (χ2n) is 4.39. The Bertz CT molecular complexity index is 371. The van der Waals surface area contributed by atoms with E-state index in [-0.39, 0.29) is 18.2 Å². The number of hydrogen-bond acceptors (Lipinski definition) is 2. The number of aliphatic hydroxyl groups is 1. The molecule has 0 saturated heterocycles. The van der Waals surface area contributed by atoms with Crippen LogP contribution in [0.3, 0.4) is 0 Å². The van der Waals surface area contributed by atoms with E-state index in [1.165, 1.54) is 0 Å². The van der Waals surface area contributed by atoms with E-state index in [0.717, 1.165) is 5.69 Å². The molecule has 1 heterocycles. The highest BCUT2D eigenvalue weighted by Gasteiger charge is 2.18. The summed E-state index contributed by atoms with van der Waals surface area (Å²) in [6, 6.07) is 0. The van der Waals surface area contributed by atoms with Crippen molar-refractivity contribution in [1.29, 1.82) is 0 Å². The van der Waals surface area contributed by atoms with Crippen molar-refractivity contribution in [2.75, 3.05) is 0 Å². The van der Waals surface area contributed by atoms with Gasteiger partial charge in [0.05, 0.1) is 11.5 Å². The molecule has 1 aromatic heterocycles. The van der Waals surface area contributed by atoms with E-state index in [0.29, 0.717) is 12.4 Å². The maximum absolute atomic E-state index is 12.6. The molecule has 0 aromatic carbocycles. The molecule has 3 nitrogen and oxygen atoms in total. The highest BCUT2D eigenvalue weighted by molar-refractivity contribution is 5.05. The average Bonchev–Trinajstić information content (AvgIpc) is 2.55. The number of rotatable bonds is 5. The number of allylic oxidation sites excluding steroid dienone is 1. The van der Waals surface area contributed by atoms with Crippen LogP contribution in [-0.4, -0.2) is 14.7 Å². The molecular weight excluding hydrogens is 207 g/mol. The van der Waals surface area contributed by atoms with Crippen LogP contribution in [-0.2, 0) is 6.54 Å². The van der Waals surface area contributed by atoms with E-state index < -0.39 is 6.10 Å². The van der Waals surface area contributed by atoms with Gasteiger partial charge in [-0.15, -0.1) is 0 Å².